The molecule has 2 aromatic rings. The Balaban J connectivity index is 2.09. The fraction of sp³-hybridized carbons (Fsp3) is 0.235. The lowest BCUT2D eigenvalue weighted by Gasteiger charge is -2.08. The van der Waals surface area contributed by atoms with Crippen LogP contribution < -0.4 is 10.1 Å². The number of hydrogen-bond donors (Lipinski definition) is 1. The number of nitrogens with one attached hydrogen (secondary N) is 1. The third kappa shape index (κ3) is 4.70. The van der Waals surface area contributed by atoms with E-state index in [0.29, 0.717) is 17.9 Å². The molecule has 0 unspecified atom stereocenters. The van der Waals surface area contributed by atoms with Crippen LogP contribution in [0.4, 0.5) is 5.69 Å². The van der Waals surface area contributed by atoms with E-state index in [1.807, 2.05) is 6.92 Å². The van der Waals surface area contributed by atoms with Gasteiger partial charge < -0.3 is 10.1 Å². The predicted molar refractivity (Wildman–Crippen MR) is 91.9 cm³/mol. The zero-order valence-electron chi connectivity index (χ0n) is 13.1. The summed E-state index contributed by atoms with van der Waals surface area (Å²) in [4.78, 5) is 22.4. The van der Waals surface area contributed by atoms with Gasteiger partial charge in [0, 0.05) is 23.2 Å². The number of carbonyl (C=O) groups is 1. The number of nitro groups is 1. The highest BCUT2D eigenvalue weighted by Gasteiger charge is 2.16. The molecule has 0 heterocycles. The smallest absolute Gasteiger partial charge is 0.313 e. The van der Waals surface area contributed by atoms with Gasteiger partial charge in [0.15, 0.2) is 0 Å². The maximum absolute atomic E-state index is 11.9. The summed E-state index contributed by atoms with van der Waals surface area (Å²) in [7, 11) is 0. The number of carbonyl (C=O) groups excluding carboxylic acids is 1. The van der Waals surface area contributed by atoms with E-state index in [2.05, 4.69) is 5.32 Å². The summed E-state index contributed by atoms with van der Waals surface area (Å²) in [5.41, 5.74) is 0.285. The number of ether oxygens (including phenoxy) is 1. The van der Waals surface area contributed by atoms with E-state index in [9.17, 15) is 14.9 Å². The summed E-state index contributed by atoms with van der Waals surface area (Å²) >= 11 is 5.77. The number of amides is 1. The number of halogens is 1. The zero-order chi connectivity index (χ0) is 17.5. The van der Waals surface area contributed by atoms with E-state index in [0.717, 1.165) is 12.8 Å². The molecule has 126 valence electrons. The Morgan fingerprint density at radius 3 is 2.58 bits per heavy atom. The van der Waals surface area contributed by atoms with Crippen molar-refractivity contribution in [1.82, 2.24) is 5.32 Å². The van der Waals surface area contributed by atoms with Crippen molar-refractivity contribution in [2.24, 2.45) is 0 Å². The summed E-state index contributed by atoms with van der Waals surface area (Å²) in [5, 5.41) is 14.1. The lowest BCUT2D eigenvalue weighted by molar-refractivity contribution is -0.385. The first kappa shape index (κ1) is 17.7. The summed E-state index contributed by atoms with van der Waals surface area (Å²) in [6, 6.07) is 10.6. The van der Waals surface area contributed by atoms with E-state index in [4.69, 9.17) is 16.3 Å². The highest BCUT2D eigenvalue weighted by Crippen LogP contribution is 2.33. The third-order valence-electron chi connectivity index (χ3n) is 3.28. The maximum Gasteiger partial charge on any atom is 0.313 e. The summed E-state index contributed by atoms with van der Waals surface area (Å²) in [6.07, 6.45) is 1.93. The zero-order valence-corrected chi connectivity index (χ0v) is 13.9. The highest BCUT2D eigenvalue weighted by molar-refractivity contribution is 6.30. The normalized spacial score (nSPS) is 10.2. The van der Waals surface area contributed by atoms with Crippen molar-refractivity contribution in [3.63, 3.8) is 0 Å². The molecule has 0 atom stereocenters. The SMILES string of the molecule is CCCCNC(=O)c1ccc(Oc2ccc(Cl)cc2[N+](=O)[O-])cc1. The van der Waals surface area contributed by atoms with Crippen molar-refractivity contribution in [3.8, 4) is 11.5 Å². The molecule has 2 rings (SSSR count). The third-order valence-corrected chi connectivity index (χ3v) is 3.51. The van der Waals surface area contributed by atoms with Gasteiger partial charge in [-0.1, -0.05) is 24.9 Å². The molecule has 0 spiro atoms. The predicted octanol–water partition coefficient (Wildman–Crippen LogP) is 4.57. The standard InChI is InChI=1S/C17H17ClN2O4/c1-2-3-10-19-17(21)12-4-7-14(8-5-12)24-16-9-6-13(18)11-15(16)20(22)23/h4-9,11H,2-3,10H2,1H3,(H,19,21). The van der Waals surface area contributed by atoms with Gasteiger partial charge in [0.1, 0.15) is 5.75 Å². The minimum absolute atomic E-state index is 0.0875. The van der Waals surface area contributed by atoms with Crippen LogP contribution in [0.5, 0.6) is 11.5 Å². The molecule has 0 fully saturated rings. The van der Waals surface area contributed by atoms with E-state index in [1.54, 1.807) is 24.3 Å². The Morgan fingerprint density at radius 1 is 1.25 bits per heavy atom. The molecule has 0 saturated heterocycles. The van der Waals surface area contributed by atoms with Gasteiger partial charge in [0.25, 0.3) is 5.91 Å². The van der Waals surface area contributed by atoms with Gasteiger partial charge in [-0.3, -0.25) is 14.9 Å². The molecule has 1 amide bonds. The second-order valence-corrected chi connectivity index (χ2v) is 5.54. The Labute approximate surface area is 144 Å². The Morgan fingerprint density at radius 2 is 1.96 bits per heavy atom. The number of hydrogen-bond acceptors (Lipinski definition) is 4. The second-order valence-electron chi connectivity index (χ2n) is 5.11. The fourth-order valence-corrected chi connectivity index (χ4v) is 2.17. The molecule has 0 aliphatic carbocycles. The Bertz CT molecular complexity index is 732. The number of nitro benzene ring substituents is 1. The molecule has 0 aromatic heterocycles. The largest absolute Gasteiger partial charge is 0.450 e. The van der Waals surface area contributed by atoms with Gasteiger partial charge >= 0.3 is 5.69 Å². The van der Waals surface area contributed by atoms with Crippen LogP contribution in [0.15, 0.2) is 42.5 Å². The number of benzene rings is 2. The maximum atomic E-state index is 11.9. The molecule has 0 radical (unpaired) electrons. The second kappa shape index (κ2) is 8.31. The molecular formula is C17H17ClN2O4. The van der Waals surface area contributed by atoms with Crippen molar-refractivity contribution >= 4 is 23.2 Å². The van der Waals surface area contributed by atoms with E-state index in [1.165, 1.54) is 18.2 Å². The number of nitrogens with zero attached hydrogens (tertiary/aromatic N) is 1. The lowest BCUT2D eigenvalue weighted by Crippen LogP contribution is -2.24. The van der Waals surface area contributed by atoms with Crippen molar-refractivity contribution in [3.05, 3.63) is 63.2 Å². The van der Waals surface area contributed by atoms with Crippen LogP contribution >= 0.6 is 11.6 Å². The van der Waals surface area contributed by atoms with Crippen molar-refractivity contribution in [1.29, 1.82) is 0 Å². The van der Waals surface area contributed by atoms with Gasteiger partial charge in [0.05, 0.1) is 4.92 Å². The first-order valence-electron chi connectivity index (χ1n) is 7.51. The molecule has 7 heteroatoms. The molecule has 2 aromatic carbocycles. The fourth-order valence-electron chi connectivity index (χ4n) is 2.00. The van der Waals surface area contributed by atoms with Gasteiger partial charge in [-0.15, -0.1) is 0 Å². The van der Waals surface area contributed by atoms with Gasteiger partial charge in [-0.2, -0.15) is 0 Å². The van der Waals surface area contributed by atoms with Crippen LogP contribution in [0.2, 0.25) is 5.02 Å². The molecule has 6 nitrogen and oxygen atoms in total. The lowest BCUT2D eigenvalue weighted by atomic mass is 10.2. The van der Waals surface area contributed by atoms with Crippen LogP contribution in [0.1, 0.15) is 30.1 Å². The minimum Gasteiger partial charge on any atom is -0.450 e. The highest BCUT2D eigenvalue weighted by atomic mass is 35.5. The number of rotatable bonds is 7. The van der Waals surface area contributed by atoms with Crippen LogP contribution in [-0.4, -0.2) is 17.4 Å². The van der Waals surface area contributed by atoms with Crippen LogP contribution in [0.3, 0.4) is 0 Å². The quantitative estimate of drug-likeness (QED) is 0.451. The van der Waals surface area contributed by atoms with Crippen molar-refractivity contribution < 1.29 is 14.5 Å². The Kier molecular flexibility index (Phi) is 6.14. The Hall–Kier alpha value is -2.60. The van der Waals surface area contributed by atoms with E-state index >= 15 is 0 Å². The topological polar surface area (TPSA) is 81.5 Å². The average molecular weight is 349 g/mol. The van der Waals surface area contributed by atoms with Gasteiger partial charge in [0.2, 0.25) is 5.75 Å². The van der Waals surface area contributed by atoms with Crippen LogP contribution in [0.25, 0.3) is 0 Å². The molecule has 1 N–H and O–H groups in total. The monoisotopic (exact) mass is 348 g/mol. The van der Waals surface area contributed by atoms with Gasteiger partial charge in [-0.05, 0) is 42.8 Å². The molecule has 0 aliphatic heterocycles. The van der Waals surface area contributed by atoms with E-state index in [-0.39, 0.29) is 22.4 Å². The molecule has 0 saturated carbocycles. The average Bonchev–Trinajstić information content (AvgIpc) is 2.57. The minimum atomic E-state index is -0.559. The summed E-state index contributed by atoms with van der Waals surface area (Å²) < 4.78 is 5.53. The summed E-state index contributed by atoms with van der Waals surface area (Å²) in [6.45, 7) is 2.68. The molecule has 0 bridgehead atoms. The first-order valence-corrected chi connectivity index (χ1v) is 7.89. The number of unbranched alkanes of at least 4 members (excludes halogenated alkanes) is 1. The van der Waals surface area contributed by atoms with Crippen LogP contribution in [0, 0.1) is 10.1 Å². The summed E-state index contributed by atoms with van der Waals surface area (Å²) in [5.74, 6) is 0.322. The van der Waals surface area contributed by atoms with Crippen molar-refractivity contribution in [2.45, 2.75) is 19.8 Å². The van der Waals surface area contributed by atoms with Crippen LogP contribution in [-0.2, 0) is 0 Å². The van der Waals surface area contributed by atoms with Crippen molar-refractivity contribution in [2.75, 3.05) is 6.54 Å². The van der Waals surface area contributed by atoms with Gasteiger partial charge in [-0.25, -0.2) is 0 Å². The van der Waals surface area contributed by atoms with E-state index < -0.39 is 4.92 Å². The molecule has 0 aliphatic rings. The molecule has 24 heavy (non-hydrogen) atoms. The first-order chi connectivity index (χ1) is 11.5. The molecular weight excluding hydrogens is 332 g/mol.